The molecule has 3 aromatic rings. The molecule has 0 fully saturated rings. The fourth-order valence-electron chi connectivity index (χ4n) is 4.75. The summed E-state index contributed by atoms with van der Waals surface area (Å²) in [7, 11) is 0. The number of fused-ring (bicyclic) bond motifs is 2. The Morgan fingerprint density at radius 3 is 2.67 bits per heavy atom. The zero-order valence-corrected chi connectivity index (χ0v) is 19.1. The van der Waals surface area contributed by atoms with Crippen molar-refractivity contribution >= 4 is 29.1 Å². The Labute approximate surface area is 198 Å². The molecule has 0 radical (unpaired) electrons. The van der Waals surface area contributed by atoms with Gasteiger partial charge in [0.2, 0.25) is 0 Å². The highest BCUT2D eigenvalue weighted by Gasteiger charge is 2.35. The van der Waals surface area contributed by atoms with Crippen molar-refractivity contribution in [1.29, 1.82) is 0 Å². The van der Waals surface area contributed by atoms with Crippen LogP contribution in [0.5, 0.6) is 5.75 Å². The number of nitrogens with zero attached hydrogens (tertiary/aromatic N) is 1. The van der Waals surface area contributed by atoms with Crippen molar-refractivity contribution in [1.82, 2.24) is 4.90 Å². The summed E-state index contributed by atoms with van der Waals surface area (Å²) in [5.41, 5.74) is 4.59. The van der Waals surface area contributed by atoms with Gasteiger partial charge in [-0.15, -0.1) is 0 Å². The number of carbonyl (C=O) groups excluding carboxylic acids is 2. The Morgan fingerprint density at radius 2 is 1.85 bits per heavy atom. The predicted molar refractivity (Wildman–Crippen MR) is 129 cm³/mol. The van der Waals surface area contributed by atoms with E-state index in [1.54, 1.807) is 37.3 Å². The van der Waals surface area contributed by atoms with Crippen molar-refractivity contribution < 1.29 is 14.3 Å². The highest BCUT2D eigenvalue weighted by Crippen LogP contribution is 2.38. The maximum Gasteiger partial charge on any atom is 0.264 e. The van der Waals surface area contributed by atoms with E-state index in [4.69, 9.17) is 16.3 Å². The molecule has 0 bridgehead atoms. The molecule has 6 heteroatoms. The molecule has 168 valence electrons. The summed E-state index contributed by atoms with van der Waals surface area (Å²) in [6.45, 7) is 2.23. The lowest BCUT2D eigenvalue weighted by Crippen LogP contribution is -2.41. The molecule has 5 rings (SSSR count). The third kappa shape index (κ3) is 4.33. The number of halogens is 1. The SMILES string of the molecule is C[C@H]1Oc2ccc(NC(=O)c3ccc(Cl)cc3)cc2CN([C@@H]2CCCc3ccccc32)C1=O. The van der Waals surface area contributed by atoms with Gasteiger partial charge in [0.25, 0.3) is 11.8 Å². The molecule has 1 N–H and O–H groups in total. The standard InChI is InChI=1S/C27H25ClN2O3/c1-17-27(32)30(24-8-4-6-18-5-2-3-7-23(18)24)16-20-15-22(13-14-25(20)33-17)29-26(31)19-9-11-21(28)12-10-19/h2-3,5,7,9-15,17,24H,4,6,8,16H2,1H3,(H,29,31)/t17-,24-/m1/s1. The molecule has 5 nitrogen and oxygen atoms in total. The fraction of sp³-hybridized carbons (Fsp3) is 0.259. The number of aryl methyl sites for hydroxylation is 1. The van der Waals surface area contributed by atoms with Crippen LogP contribution < -0.4 is 10.1 Å². The van der Waals surface area contributed by atoms with Gasteiger partial charge in [-0.05, 0) is 79.8 Å². The lowest BCUT2D eigenvalue weighted by molar-refractivity contribution is -0.140. The molecule has 1 heterocycles. The number of hydrogen-bond donors (Lipinski definition) is 1. The molecule has 0 saturated carbocycles. The van der Waals surface area contributed by atoms with Crippen LogP contribution in [-0.2, 0) is 17.8 Å². The van der Waals surface area contributed by atoms with Gasteiger partial charge in [-0.3, -0.25) is 9.59 Å². The molecule has 3 aromatic carbocycles. The van der Waals surface area contributed by atoms with Crippen LogP contribution in [0.25, 0.3) is 0 Å². The number of hydrogen-bond acceptors (Lipinski definition) is 3. The second-order valence-electron chi connectivity index (χ2n) is 8.62. The number of nitrogens with one attached hydrogen (secondary N) is 1. The first-order chi connectivity index (χ1) is 16.0. The van der Waals surface area contributed by atoms with Crippen LogP contribution in [0.15, 0.2) is 66.7 Å². The molecule has 33 heavy (non-hydrogen) atoms. The molecule has 0 aromatic heterocycles. The lowest BCUT2D eigenvalue weighted by atomic mass is 9.86. The number of benzene rings is 3. The number of ether oxygens (including phenoxy) is 1. The van der Waals surface area contributed by atoms with Gasteiger partial charge in [0.1, 0.15) is 5.75 Å². The first-order valence-electron chi connectivity index (χ1n) is 11.2. The topological polar surface area (TPSA) is 58.6 Å². The van der Waals surface area contributed by atoms with E-state index in [1.165, 1.54) is 11.1 Å². The molecule has 1 aliphatic carbocycles. The smallest absolute Gasteiger partial charge is 0.264 e. The highest BCUT2D eigenvalue weighted by molar-refractivity contribution is 6.30. The van der Waals surface area contributed by atoms with Gasteiger partial charge < -0.3 is 15.0 Å². The van der Waals surface area contributed by atoms with Gasteiger partial charge in [-0.25, -0.2) is 0 Å². The molecule has 2 atom stereocenters. The van der Waals surface area contributed by atoms with Crippen LogP contribution in [0.1, 0.15) is 52.9 Å². The summed E-state index contributed by atoms with van der Waals surface area (Å²) >= 11 is 5.93. The average molecular weight is 461 g/mol. The summed E-state index contributed by atoms with van der Waals surface area (Å²) < 4.78 is 6.02. The van der Waals surface area contributed by atoms with Crippen LogP contribution in [0.4, 0.5) is 5.69 Å². The molecule has 0 spiro atoms. The van der Waals surface area contributed by atoms with Gasteiger partial charge in [-0.1, -0.05) is 35.9 Å². The molecule has 2 amide bonds. The minimum Gasteiger partial charge on any atom is -0.481 e. The number of amides is 2. The molecule has 0 unspecified atom stereocenters. The van der Waals surface area contributed by atoms with Crippen molar-refractivity contribution in [3.63, 3.8) is 0 Å². The van der Waals surface area contributed by atoms with Crippen LogP contribution in [0.2, 0.25) is 5.02 Å². The maximum absolute atomic E-state index is 13.3. The summed E-state index contributed by atoms with van der Waals surface area (Å²) in [6.07, 6.45) is 2.44. The van der Waals surface area contributed by atoms with E-state index in [1.807, 2.05) is 23.1 Å². The molecule has 2 aliphatic rings. The Kier molecular flexibility index (Phi) is 5.81. The van der Waals surface area contributed by atoms with Gasteiger partial charge >= 0.3 is 0 Å². The van der Waals surface area contributed by atoms with Gasteiger partial charge in [0.15, 0.2) is 6.10 Å². The summed E-state index contributed by atoms with van der Waals surface area (Å²) in [6, 6.07) is 20.7. The van der Waals surface area contributed by atoms with Crippen LogP contribution in [-0.4, -0.2) is 22.8 Å². The van der Waals surface area contributed by atoms with Crippen LogP contribution in [0, 0.1) is 0 Å². The second kappa shape index (κ2) is 8.91. The predicted octanol–water partition coefficient (Wildman–Crippen LogP) is 5.78. The molecular formula is C27H25ClN2O3. The number of rotatable bonds is 3. The quantitative estimate of drug-likeness (QED) is 0.539. The molecule has 0 saturated heterocycles. The van der Waals surface area contributed by atoms with E-state index in [0.717, 1.165) is 24.8 Å². The van der Waals surface area contributed by atoms with Gasteiger partial charge in [-0.2, -0.15) is 0 Å². The third-order valence-electron chi connectivity index (χ3n) is 6.41. The van der Waals surface area contributed by atoms with Crippen LogP contribution >= 0.6 is 11.6 Å². The largest absolute Gasteiger partial charge is 0.481 e. The normalized spacial score (nSPS) is 19.7. The monoisotopic (exact) mass is 460 g/mol. The highest BCUT2D eigenvalue weighted by atomic mass is 35.5. The molecule has 1 aliphatic heterocycles. The van der Waals surface area contributed by atoms with Gasteiger partial charge in [0.05, 0.1) is 12.6 Å². The zero-order valence-electron chi connectivity index (χ0n) is 18.4. The Hall–Kier alpha value is -3.31. The lowest BCUT2D eigenvalue weighted by Gasteiger charge is -2.35. The summed E-state index contributed by atoms with van der Waals surface area (Å²) in [5, 5.41) is 3.52. The summed E-state index contributed by atoms with van der Waals surface area (Å²) in [5.74, 6) is 0.440. The van der Waals surface area contributed by atoms with E-state index < -0.39 is 6.10 Å². The number of carbonyl (C=O) groups is 2. The first kappa shape index (κ1) is 21.5. The maximum atomic E-state index is 13.3. The van der Waals surface area contributed by atoms with Crippen molar-refractivity contribution in [2.24, 2.45) is 0 Å². The van der Waals surface area contributed by atoms with Crippen molar-refractivity contribution in [3.8, 4) is 5.75 Å². The minimum absolute atomic E-state index is 0.0142. The average Bonchev–Trinajstić information content (AvgIpc) is 2.95. The Morgan fingerprint density at radius 1 is 1.06 bits per heavy atom. The Balaban J connectivity index is 1.44. The van der Waals surface area contributed by atoms with E-state index in [9.17, 15) is 9.59 Å². The van der Waals surface area contributed by atoms with E-state index in [2.05, 4.69) is 23.5 Å². The van der Waals surface area contributed by atoms with Crippen molar-refractivity contribution in [2.45, 2.75) is 44.9 Å². The van der Waals surface area contributed by atoms with Crippen molar-refractivity contribution in [2.75, 3.05) is 5.32 Å². The van der Waals surface area contributed by atoms with Gasteiger partial charge in [0, 0.05) is 21.8 Å². The van der Waals surface area contributed by atoms with Crippen molar-refractivity contribution in [3.05, 3.63) is 94.0 Å². The summed E-state index contributed by atoms with van der Waals surface area (Å²) in [4.78, 5) is 27.9. The minimum atomic E-state index is -0.574. The number of anilines is 1. The second-order valence-corrected chi connectivity index (χ2v) is 9.05. The molecular weight excluding hydrogens is 436 g/mol. The third-order valence-corrected chi connectivity index (χ3v) is 6.67. The van der Waals surface area contributed by atoms with E-state index in [0.29, 0.717) is 28.6 Å². The van der Waals surface area contributed by atoms with E-state index >= 15 is 0 Å². The first-order valence-corrected chi connectivity index (χ1v) is 11.6. The zero-order chi connectivity index (χ0) is 22.9. The van der Waals surface area contributed by atoms with E-state index in [-0.39, 0.29) is 17.9 Å². The van der Waals surface area contributed by atoms with Crippen LogP contribution in [0.3, 0.4) is 0 Å². The Bertz CT molecular complexity index is 1210. The fourth-order valence-corrected chi connectivity index (χ4v) is 4.88.